The minimum Gasteiger partial charge on any atom is -0.398 e. The third kappa shape index (κ3) is 4.09. The van der Waals surface area contributed by atoms with Crippen LogP contribution in [0.5, 0.6) is 0 Å². The number of hydrogen-bond donors (Lipinski definition) is 2. The van der Waals surface area contributed by atoms with Crippen LogP contribution in [0.2, 0.25) is 0 Å². The molecule has 0 saturated heterocycles. The van der Waals surface area contributed by atoms with E-state index in [9.17, 15) is 4.79 Å². The maximum atomic E-state index is 12.4. The van der Waals surface area contributed by atoms with Crippen molar-refractivity contribution in [2.75, 3.05) is 26.4 Å². The van der Waals surface area contributed by atoms with E-state index in [1.165, 1.54) is 0 Å². The molecule has 2 aromatic carbocycles. The number of anilines is 1. The van der Waals surface area contributed by atoms with Gasteiger partial charge in [-0.2, -0.15) is 0 Å². The standard InChI is InChI=1S/C22H26N4O/c1-4-17(26(2)3)14-25-22(27)16-10-8-15(9-11-16)18-6-5-7-19-20(23)12-13-24-21(18)19/h5-13,17H,4,14H2,1-3H3,(H2,23,24)(H,25,27)/t17-/m0/s1. The maximum Gasteiger partial charge on any atom is 0.251 e. The molecule has 0 aliphatic rings. The van der Waals surface area contributed by atoms with Crippen LogP contribution in [0.25, 0.3) is 22.0 Å². The van der Waals surface area contributed by atoms with Crippen molar-refractivity contribution in [1.29, 1.82) is 0 Å². The number of nitrogens with two attached hydrogens (primary N) is 1. The van der Waals surface area contributed by atoms with Crippen LogP contribution in [0.1, 0.15) is 23.7 Å². The average Bonchev–Trinajstić information content (AvgIpc) is 2.68. The first kappa shape index (κ1) is 18.9. The second-order valence-corrected chi connectivity index (χ2v) is 6.91. The average molecular weight is 362 g/mol. The number of hydrogen-bond acceptors (Lipinski definition) is 4. The van der Waals surface area contributed by atoms with E-state index in [1.54, 1.807) is 12.3 Å². The van der Waals surface area contributed by atoms with Crippen LogP contribution in [0.3, 0.4) is 0 Å². The van der Waals surface area contributed by atoms with Crippen LogP contribution in [0.15, 0.2) is 54.7 Å². The lowest BCUT2D eigenvalue weighted by Gasteiger charge is -2.23. The van der Waals surface area contributed by atoms with Gasteiger partial charge in [-0.05, 0) is 44.3 Å². The summed E-state index contributed by atoms with van der Waals surface area (Å²) in [5, 5.41) is 3.95. The van der Waals surface area contributed by atoms with Gasteiger partial charge in [0.25, 0.3) is 5.91 Å². The molecule has 5 heteroatoms. The van der Waals surface area contributed by atoms with Gasteiger partial charge in [0.2, 0.25) is 0 Å². The highest BCUT2D eigenvalue weighted by molar-refractivity contribution is 6.00. The molecule has 5 nitrogen and oxygen atoms in total. The van der Waals surface area contributed by atoms with Gasteiger partial charge in [-0.1, -0.05) is 37.3 Å². The Labute approximate surface area is 160 Å². The number of carbonyl (C=O) groups is 1. The molecule has 1 aromatic heterocycles. The van der Waals surface area contributed by atoms with Gasteiger partial charge >= 0.3 is 0 Å². The van der Waals surface area contributed by atoms with Gasteiger partial charge < -0.3 is 16.0 Å². The zero-order valence-electron chi connectivity index (χ0n) is 16.1. The highest BCUT2D eigenvalue weighted by Gasteiger charge is 2.12. The minimum absolute atomic E-state index is 0.0536. The van der Waals surface area contributed by atoms with Gasteiger partial charge in [-0.15, -0.1) is 0 Å². The Morgan fingerprint density at radius 3 is 2.56 bits per heavy atom. The smallest absolute Gasteiger partial charge is 0.251 e. The number of aromatic nitrogens is 1. The monoisotopic (exact) mass is 362 g/mol. The SMILES string of the molecule is CC[C@@H](CNC(=O)c1ccc(-c2cccc3c(N)ccnc23)cc1)N(C)C. The fraction of sp³-hybridized carbons (Fsp3) is 0.273. The van der Waals surface area contributed by atoms with Gasteiger partial charge in [0.15, 0.2) is 0 Å². The van der Waals surface area contributed by atoms with Crippen molar-refractivity contribution in [2.24, 2.45) is 0 Å². The molecule has 3 aromatic rings. The largest absolute Gasteiger partial charge is 0.398 e. The minimum atomic E-state index is -0.0536. The number of para-hydroxylation sites is 1. The Morgan fingerprint density at radius 2 is 1.89 bits per heavy atom. The number of carbonyl (C=O) groups excluding carboxylic acids is 1. The number of nitrogens with zero attached hydrogens (tertiary/aromatic N) is 2. The zero-order chi connectivity index (χ0) is 19.4. The highest BCUT2D eigenvalue weighted by atomic mass is 16.1. The van der Waals surface area contributed by atoms with Crippen LogP contribution in [0, 0.1) is 0 Å². The van der Waals surface area contributed by atoms with Crippen LogP contribution in [-0.4, -0.2) is 42.5 Å². The Bertz CT molecular complexity index is 935. The summed E-state index contributed by atoms with van der Waals surface area (Å²) in [4.78, 5) is 19.0. The number of benzene rings is 2. The predicted octanol–water partition coefficient (Wildman–Crippen LogP) is 3.55. The Kier molecular flexibility index (Phi) is 5.72. The maximum absolute atomic E-state index is 12.4. The first-order valence-electron chi connectivity index (χ1n) is 9.19. The quantitative estimate of drug-likeness (QED) is 0.703. The van der Waals surface area contributed by atoms with Crippen LogP contribution in [0.4, 0.5) is 5.69 Å². The molecule has 0 radical (unpaired) electrons. The molecule has 140 valence electrons. The number of likely N-dealkylation sites (N-methyl/N-ethyl adjacent to an activating group) is 1. The van der Waals surface area contributed by atoms with Crippen LogP contribution < -0.4 is 11.1 Å². The lowest BCUT2D eigenvalue weighted by Crippen LogP contribution is -2.39. The van der Waals surface area contributed by atoms with E-state index in [0.29, 0.717) is 23.8 Å². The third-order valence-corrected chi connectivity index (χ3v) is 4.96. The van der Waals surface area contributed by atoms with E-state index in [1.807, 2.05) is 56.6 Å². The molecule has 0 fully saturated rings. The fourth-order valence-electron chi connectivity index (χ4n) is 3.24. The number of rotatable bonds is 6. The molecule has 3 rings (SSSR count). The first-order valence-corrected chi connectivity index (χ1v) is 9.19. The van der Waals surface area contributed by atoms with Crippen molar-refractivity contribution in [3.05, 3.63) is 60.3 Å². The lowest BCUT2D eigenvalue weighted by atomic mass is 10.00. The van der Waals surface area contributed by atoms with E-state index < -0.39 is 0 Å². The molecule has 1 heterocycles. The van der Waals surface area contributed by atoms with E-state index in [-0.39, 0.29) is 5.91 Å². The summed E-state index contributed by atoms with van der Waals surface area (Å²) >= 11 is 0. The van der Waals surface area contributed by atoms with Crippen LogP contribution >= 0.6 is 0 Å². The zero-order valence-corrected chi connectivity index (χ0v) is 16.1. The lowest BCUT2D eigenvalue weighted by molar-refractivity contribution is 0.0941. The van der Waals surface area contributed by atoms with Crippen molar-refractivity contribution in [3.63, 3.8) is 0 Å². The molecule has 1 amide bonds. The topological polar surface area (TPSA) is 71.2 Å². The Balaban J connectivity index is 1.80. The number of nitrogen functional groups attached to an aromatic ring is 1. The summed E-state index contributed by atoms with van der Waals surface area (Å²) in [6.45, 7) is 2.76. The van der Waals surface area contributed by atoms with Gasteiger partial charge in [0.1, 0.15) is 0 Å². The van der Waals surface area contributed by atoms with Gasteiger partial charge in [0.05, 0.1) is 5.52 Å². The van der Waals surface area contributed by atoms with Gasteiger partial charge in [0, 0.05) is 41.0 Å². The number of amides is 1. The van der Waals surface area contributed by atoms with Crippen molar-refractivity contribution in [1.82, 2.24) is 15.2 Å². The van der Waals surface area contributed by atoms with Crippen molar-refractivity contribution in [3.8, 4) is 11.1 Å². The molecular formula is C22H26N4O. The molecule has 27 heavy (non-hydrogen) atoms. The molecule has 3 N–H and O–H groups in total. The summed E-state index contributed by atoms with van der Waals surface area (Å²) < 4.78 is 0. The molecule has 0 saturated carbocycles. The second-order valence-electron chi connectivity index (χ2n) is 6.91. The number of nitrogens with one attached hydrogen (secondary N) is 1. The van der Waals surface area contributed by atoms with Gasteiger partial charge in [-0.3, -0.25) is 9.78 Å². The summed E-state index contributed by atoms with van der Waals surface area (Å²) in [5.41, 5.74) is 10.3. The molecule has 0 spiro atoms. The van der Waals surface area contributed by atoms with Crippen molar-refractivity contribution < 1.29 is 4.79 Å². The number of fused-ring (bicyclic) bond motifs is 1. The second kappa shape index (κ2) is 8.18. The fourth-order valence-corrected chi connectivity index (χ4v) is 3.24. The normalized spacial score (nSPS) is 12.3. The molecule has 0 aliphatic carbocycles. The predicted molar refractivity (Wildman–Crippen MR) is 112 cm³/mol. The van der Waals surface area contributed by atoms with Crippen LogP contribution in [-0.2, 0) is 0 Å². The van der Waals surface area contributed by atoms with Gasteiger partial charge in [-0.25, -0.2) is 0 Å². The summed E-state index contributed by atoms with van der Waals surface area (Å²) in [6, 6.07) is 15.7. The Morgan fingerprint density at radius 1 is 1.15 bits per heavy atom. The van der Waals surface area contributed by atoms with E-state index in [4.69, 9.17) is 5.73 Å². The molecule has 0 unspecified atom stereocenters. The van der Waals surface area contributed by atoms with E-state index in [0.717, 1.165) is 28.5 Å². The van der Waals surface area contributed by atoms with E-state index in [2.05, 4.69) is 22.1 Å². The Hall–Kier alpha value is -2.92. The summed E-state index contributed by atoms with van der Waals surface area (Å²) in [6.07, 6.45) is 2.71. The van der Waals surface area contributed by atoms with Crippen molar-refractivity contribution >= 4 is 22.5 Å². The third-order valence-electron chi connectivity index (χ3n) is 4.96. The van der Waals surface area contributed by atoms with Crippen molar-refractivity contribution in [2.45, 2.75) is 19.4 Å². The molecular weight excluding hydrogens is 336 g/mol. The number of pyridine rings is 1. The first-order chi connectivity index (χ1) is 13.0. The van der Waals surface area contributed by atoms with E-state index >= 15 is 0 Å². The molecule has 1 atom stereocenters. The summed E-state index contributed by atoms with van der Waals surface area (Å²) in [5.74, 6) is -0.0536. The molecule has 0 bridgehead atoms. The highest BCUT2D eigenvalue weighted by Crippen LogP contribution is 2.29. The summed E-state index contributed by atoms with van der Waals surface area (Å²) in [7, 11) is 4.06. The molecule has 0 aliphatic heterocycles.